The molecule has 0 aliphatic carbocycles. The number of fused-ring (bicyclic) bond motifs is 2. The minimum Gasteiger partial charge on any atom is -0.465 e. The lowest BCUT2D eigenvalue weighted by atomic mass is 9.95. The highest BCUT2D eigenvalue weighted by atomic mass is 16.5. The molecule has 5 nitrogen and oxygen atoms in total. The second kappa shape index (κ2) is 9.11. The van der Waals surface area contributed by atoms with Crippen molar-refractivity contribution in [2.24, 2.45) is 7.05 Å². The van der Waals surface area contributed by atoms with Gasteiger partial charge in [0.1, 0.15) is 7.05 Å². The maximum atomic E-state index is 12.0. The summed E-state index contributed by atoms with van der Waals surface area (Å²) in [5, 5.41) is 0. The number of aromatic nitrogens is 1. The Kier molecular flexibility index (Phi) is 5.83. The number of esters is 1. The molecule has 0 spiro atoms. The molecule has 5 rings (SSSR count). The third kappa shape index (κ3) is 4.28. The molecular formula is C30H27N2O3+. The van der Waals surface area contributed by atoms with Crippen LogP contribution in [0.5, 0.6) is 0 Å². The van der Waals surface area contributed by atoms with Crippen LogP contribution in [0.1, 0.15) is 32.9 Å². The molecule has 1 aromatic heterocycles. The van der Waals surface area contributed by atoms with Crippen molar-refractivity contribution in [3.8, 4) is 0 Å². The highest BCUT2D eigenvalue weighted by molar-refractivity contribution is 5.97. The van der Waals surface area contributed by atoms with E-state index in [1.165, 1.54) is 12.7 Å². The van der Waals surface area contributed by atoms with Crippen LogP contribution in [0.4, 0.5) is 5.69 Å². The van der Waals surface area contributed by atoms with Gasteiger partial charge in [0, 0.05) is 30.6 Å². The second-order valence-corrected chi connectivity index (χ2v) is 8.68. The SMILES string of the molecule is COC(=O)c1ccc(C(=C\c2oc3ccc(C)cc3[n+]2C)/C=C2\C=CN(C)c3ccccc32)cc1. The molecule has 35 heavy (non-hydrogen) atoms. The number of hydrogen-bond donors (Lipinski definition) is 0. The van der Waals surface area contributed by atoms with E-state index in [9.17, 15) is 4.79 Å². The van der Waals surface area contributed by atoms with Crippen LogP contribution in [-0.4, -0.2) is 20.1 Å². The molecule has 0 amide bonds. The number of allylic oxidation sites excluding steroid dienone is 4. The molecule has 2 heterocycles. The normalized spacial score (nSPS) is 14.5. The molecule has 0 fully saturated rings. The molecule has 4 aromatic rings. The molecule has 0 saturated carbocycles. The molecule has 174 valence electrons. The number of methoxy groups -OCH3 is 1. The van der Waals surface area contributed by atoms with Gasteiger partial charge < -0.3 is 14.1 Å². The van der Waals surface area contributed by atoms with E-state index in [1.807, 2.05) is 50.5 Å². The Labute approximate surface area is 204 Å². The summed E-state index contributed by atoms with van der Waals surface area (Å²) < 4.78 is 13.1. The predicted molar refractivity (Wildman–Crippen MR) is 140 cm³/mol. The van der Waals surface area contributed by atoms with Gasteiger partial charge in [0.15, 0.2) is 0 Å². The highest BCUT2D eigenvalue weighted by Gasteiger charge is 2.19. The Hall–Kier alpha value is -4.38. The summed E-state index contributed by atoms with van der Waals surface area (Å²) in [7, 11) is 5.44. The van der Waals surface area contributed by atoms with Crippen molar-refractivity contribution < 1.29 is 18.5 Å². The summed E-state index contributed by atoms with van der Waals surface area (Å²) in [6, 6.07) is 22.0. The highest BCUT2D eigenvalue weighted by Crippen LogP contribution is 2.34. The lowest BCUT2D eigenvalue weighted by Crippen LogP contribution is -2.29. The van der Waals surface area contributed by atoms with Gasteiger partial charge in [-0.15, -0.1) is 0 Å². The molecule has 3 aromatic carbocycles. The van der Waals surface area contributed by atoms with Crippen LogP contribution >= 0.6 is 0 Å². The molecule has 1 aliphatic rings. The molecular weight excluding hydrogens is 436 g/mol. The smallest absolute Gasteiger partial charge is 0.374 e. The monoisotopic (exact) mass is 463 g/mol. The molecule has 0 atom stereocenters. The van der Waals surface area contributed by atoms with E-state index in [1.54, 1.807) is 12.1 Å². The van der Waals surface area contributed by atoms with Crippen LogP contribution in [0.2, 0.25) is 0 Å². The number of oxazole rings is 1. The fourth-order valence-electron chi connectivity index (χ4n) is 4.34. The number of nitrogens with zero attached hydrogens (tertiary/aromatic N) is 2. The zero-order chi connectivity index (χ0) is 24.5. The van der Waals surface area contributed by atoms with Crippen molar-refractivity contribution in [1.29, 1.82) is 0 Å². The number of rotatable bonds is 4. The zero-order valence-electron chi connectivity index (χ0n) is 20.3. The van der Waals surface area contributed by atoms with Crippen molar-refractivity contribution >= 4 is 40.0 Å². The minimum absolute atomic E-state index is 0.355. The van der Waals surface area contributed by atoms with Crippen molar-refractivity contribution in [1.82, 2.24) is 0 Å². The fourth-order valence-corrected chi connectivity index (χ4v) is 4.34. The van der Waals surface area contributed by atoms with E-state index in [0.29, 0.717) is 5.56 Å². The zero-order valence-corrected chi connectivity index (χ0v) is 20.3. The van der Waals surface area contributed by atoms with Crippen molar-refractivity contribution in [3.63, 3.8) is 0 Å². The van der Waals surface area contributed by atoms with Crippen molar-refractivity contribution in [3.05, 3.63) is 113 Å². The van der Waals surface area contributed by atoms with Gasteiger partial charge >= 0.3 is 11.9 Å². The average Bonchev–Trinajstić information content (AvgIpc) is 3.19. The van der Waals surface area contributed by atoms with Crippen molar-refractivity contribution in [2.45, 2.75) is 6.92 Å². The Morgan fingerprint density at radius 2 is 1.77 bits per heavy atom. The Bertz CT molecular complexity index is 1520. The van der Waals surface area contributed by atoms with Crippen LogP contribution in [0, 0.1) is 6.92 Å². The van der Waals surface area contributed by atoms with Gasteiger partial charge in [-0.25, -0.2) is 4.79 Å². The number of hydrogen-bond acceptors (Lipinski definition) is 4. The first-order valence-corrected chi connectivity index (χ1v) is 11.5. The van der Waals surface area contributed by atoms with Crippen LogP contribution in [0.3, 0.4) is 0 Å². The fraction of sp³-hybridized carbons (Fsp3) is 0.133. The summed E-state index contributed by atoms with van der Waals surface area (Å²) in [6.45, 7) is 2.07. The Balaban J connectivity index is 1.67. The first-order valence-electron chi connectivity index (χ1n) is 11.5. The maximum absolute atomic E-state index is 12.0. The minimum atomic E-state index is -0.355. The van der Waals surface area contributed by atoms with E-state index >= 15 is 0 Å². The number of carbonyl (C=O) groups is 1. The lowest BCUT2D eigenvalue weighted by Gasteiger charge is -2.23. The van der Waals surface area contributed by atoms with Crippen LogP contribution < -0.4 is 9.47 Å². The first kappa shape index (κ1) is 22.4. The average molecular weight is 464 g/mol. The quantitative estimate of drug-likeness (QED) is 0.278. The van der Waals surface area contributed by atoms with E-state index in [-0.39, 0.29) is 5.97 Å². The summed E-state index contributed by atoms with van der Waals surface area (Å²) in [4.78, 5) is 14.1. The van der Waals surface area contributed by atoms with Gasteiger partial charge in [0.2, 0.25) is 5.58 Å². The molecule has 0 radical (unpaired) electrons. The van der Waals surface area contributed by atoms with Gasteiger partial charge in [0.25, 0.3) is 5.52 Å². The van der Waals surface area contributed by atoms with E-state index < -0.39 is 0 Å². The van der Waals surface area contributed by atoms with Gasteiger partial charge in [-0.2, -0.15) is 4.57 Å². The standard InChI is InChI=1S/C30H27N2O3/c1-20-9-14-28-27(17-20)32(3)29(35-28)19-24(21-10-12-22(13-11-21)30(33)34-4)18-23-15-16-31(2)26-8-6-5-7-25(23)26/h5-19H,1-4H3/q+1. The van der Waals surface area contributed by atoms with Crippen LogP contribution in [-0.2, 0) is 11.8 Å². The second-order valence-electron chi connectivity index (χ2n) is 8.68. The van der Waals surface area contributed by atoms with Gasteiger partial charge in [-0.3, -0.25) is 0 Å². The molecule has 0 bridgehead atoms. The number of anilines is 1. The molecule has 0 unspecified atom stereocenters. The van der Waals surface area contributed by atoms with Crippen LogP contribution in [0.15, 0.2) is 89.5 Å². The summed E-state index contributed by atoms with van der Waals surface area (Å²) in [6.07, 6.45) is 8.38. The van der Waals surface area contributed by atoms with Gasteiger partial charge in [-0.05, 0) is 65.6 Å². The number of benzene rings is 3. The topological polar surface area (TPSA) is 46.6 Å². The van der Waals surface area contributed by atoms with E-state index in [4.69, 9.17) is 9.15 Å². The largest absolute Gasteiger partial charge is 0.465 e. The Morgan fingerprint density at radius 1 is 1.03 bits per heavy atom. The molecule has 0 N–H and O–H groups in total. The Morgan fingerprint density at radius 3 is 2.54 bits per heavy atom. The molecule has 1 aliphatic heterocycles. The molecule has 0 saturated heterocycles. The first-order chi connectivity index (χ1) is 16.9. The van der Waals surface area contributed by atoms with Crippen LogP contribution in [0.25, 0.3) is 28.3 Å². The number of aryl methyl sites for hydroxylation is 2. The number of carbonyl (C=O) groups excluding carboxylic acids is 1. The summed E-state index contributed by atoms with van der Waals surface area (Å²) in [5.74, 6) is 0.381. The van der Waals surface area contributed by atoms with Crippen molar-refractivity contribution in [2.75, 3.05) is 19.1 Å². The van der Waals surface area contributed by atoms with E-state index in [2.05, 4.69) is 59.0 Å². The van der Waals surface area contributed by atoms with Gasteiger partial charge in [0.05, 0.1) is 18.7 Å². The summed E-state index contributed by atoms with van der Waals surface area (Å²) >= 11 is 0. The van der Waals surface area contributed by atoms with Gasteiger partial charge in [-0.1, -0.05) is 36.4 Å². The predicted octanol–water partition coefficient (Wildman–Crippen LogP) is 5.94. The third-order valence-electron chi connectivity index (χ3n) is 6.32. The summed E-state index contributed by atoms with van der Waals surface area (Å²) in [5.41, 5.74) is 8.88. The number of para-hydroxylation sites is 1. The maximum Gasteiger partial charge on any atom is 0.374 e. The molecule has 5 heteroatoms. The number of ether oxygens (including phenoxy) is 1. The lowest BCUT2D eigenvalue weighted by molar-refractivity contribution is -0.651. The van der Waals surface area contributed by atoms with E-state index in [0.717, 1.165) is 45.0 Å². The third-order valence-corrected chi connectivity index (χ3v) is 6.32.